The fourth-order valence-corrected chi connectivity index (χ4v) is 1.27. The maximum absolute atomic E-state index is 10.8. The van der Waals surface area contributed by atoms with Crippen molar-refractivity contribution in [2.45, 2.75) is 19.4 Å². The SMILES string of the molecule is C[C@H](C(=O)O)[C@](C)(O)c1ccccc1. The molecule has 3 heteroatoms. The second kappa shape index (κ2) is 3.80. The lowest BCUT2D eigenvalue weighted by Gasteiger charge is -2.27. The summed E-state index contributed by atoms with van der Waals surface area (Å²) in [7, 11) is 0. The van der Waals surface area contributed by atoms with E-state index in [1.165, 1.54) is 13.8 Å². The van der Waals surface area contributed by atoms with Gasteiger partial charge in [0.2, 0.25) is 0 Å². The van der Waals surface area contributed by atoms with Gasteiger partial charge in [-0.2, -0.15) is 0 Å². The first kappa shape index (κ1) is 10.7. The summed E-state index contributed by atoms with van der Waals surface area (Å²) in [6, 6.07) is 8.82. The largest absolute Gasteiger partial charge is 0.481 e. The van der Waals surface area contributed by atoms with Crippen LogP contribution in [0, 0.1) is 5.92 Å². The molecular weight excluding hydrogens is 180 g/mol. The second-order valence-corrected chi connectivity index (χ2v) is 3.57. The van der Waals surface area contributed by atoms with Crippen LogP contribution in [0.2, 0.25) is 0 Å². The van der Waals surface area contributed by atoms with Crippen LogP contribution in [0.1, 0.15) is 19.4 Å². The Labute approximate surface area is 83.0 Å². The number of benzene rings is 1. The van der Waals surface area contributed by atoms with Crippen LogP contribution >= 0.6 is 0 Å². The normalized spacial score (nSPS) is 17.1. The zero-order valence-corrected chi connectivity index (χ0v) is 8.27. The highest BCUT2D eigenvalue weighted by molar-refractivity contribution is 5.71. The molecule has 1 rings (SSSR count). The minimum absolute atomic E-state index is 0.620. The number of aliphatic hydroxyl groups is 1. The van der Waals surface area contributed by atoms with Crippen molar-refractivity contribution in [3.63, 3.8) is 0 Å². The van der Waals surface area contributed by atoms with E-state index in [0.29, 0.717) is 5.56 Å². The number of hydrogen-bond donors (Lipinski definition) is 2. The van der Waals surface area contributed by atoms with Gasteiger partial charge in [-0.3, -0.25) is 4.79 Å². The standard InChI is InChI=1S/C11H14O3/c1-8(10(12)13)11(2,14)9-6-4-3-5-7-9/h3-8,14H,1-2H3,(H,12,13)/t8-,11+/m1/s1. The Kier molecular flexibility index (Phi) is 2.91. The van der Waals surface area contributed by atoms with Gasteiger partial charge in [-0.15, -0.1) is 0 Å². The molecule has 0 radical (unpaired) electrons. The lowest BCUT2D eigenvalue weighted by atomic mass is 9.84. The van der Waals surface area contributed by atoms with Gasteiger partial charge in [0, 0.05) is 0 Å². The molecule has 0 heterocycles. The van der Waals surface area contributed by atoms with Crippen molar-refractivity contribution in [2.24, 2.45) is 5.92 Å². The van der Waals surface area contributed by atoms with Crippen LogP contribution < -0.4 is 0 Å². The van der Waals surface area contributed by atoms with Gasteiger partial charge in [-0.25, -0.2) is 0 Å². The van der Waals surface area contributed by atoms with E-state index in [9.17, 15) is 9.90 Å². The number of carboxylic acid groups (broad SMARTS) is 1. The van der Waals surface area contributed by atoms with Crippen LogP contribution in [-0.4, -0.2) is 16.2 Å². The summed E-state index contributed by atoms with van der Waals surface area (Å²) in [6.07, 6.45) is 0. The van der Waals surface area contributed by atoms with Gasteiger partial charge in [0.25, 0.3) is 0 Å². The Morgan fingerprint density at radius 1 is 1.36 bits per heavy atom. The van der Waals surface area contributed by atoms with E-state index in [1.807, 2.05) is 6.07 Å². The molecule has 0 saturated heterocycles. The summed E-state index contributed by atoms with van der Waals surface area (Å²) >= 11 is 0. The number of aliphatic carboxylic acids is 1. The number of rotatable bonds is 3. The Morgan fingerprint density at radius 3 is 2.29 bits per heavy atom. The number of carboxylic acids is 1. The Hall–Kier alpha value is -1.35. The van der Waals surface area contributed by atoms with Crippen LogP contribution in [0.15, 0.2) is 30.3 Å². The predicted octanol–water partition coefficient (Wildman–Crippen LogP) is 1.61. The Morgan fingerprint density at radius 2 is 1.86 bits per heavy atom. The smallest absolute Gasteiger partial charge is 0.309 e. The molecule has 2 atom stereocenters. The molecule has 1 aromatic carbocycles. The molecule has 0 spiro atoms. The lowest BCUT2D eigenvalue weighted by Crippen LogP contribution is -2.35. The molecule has 76 valence electrons. The highest BCUT2D eigenvalue weighted by atomic mass is 16.4. The summed E-state index contributed by atoms with van der Waals surface area (Å²) in [5.41, 5.74) is -0.706. The van der Waals surface area contributed by atoms with E-state index in [-0.39, 0.29) is 0 Å². The average molecular weight is 194 g/mol. The average Bonchev–Trinajstić information content (AvgIpc) is 2.18. The Bertz CT molecular complexity index is 317. The van der Waals surface area contributed by atoms with Gasteiger partial charge in [-0.1, -0.05) is 30.3 Å². The second-order valence-electron chi connectivity index (χ2n) is 3.57. The minimum atomic E-state index is -1.33. The van der Waals surface area contributed by atoms with Gasteiger partial charge in [0.15, 0.2) is 0 Å². The zero-order chi connectivity index (χ0) is 10.8. The molecule has 0 amide bonds. The molecule has 0 aliphatic rings. The van der Waals surface area contributed by atoms with Crippen molar-refractivity contribution in [2.75, 3.05) is 0 Å². The third-order valence-electron chi connectivity index (χ3n) is 2.57. The maximum Gasteiger partial charge on any atom is 0.309 e. The van der Waals surface area contributed by atoms with Crippen molar-refractivity contribution in [1.29, 1.82) is 0 Å². The van der Waals surface area contributed by atoms with E-state index in [0.717, 1.165) is 0 Å². The molecule has 0 aliphatic carbocycles. The predicted molar refractivity (Wildman–Crippen MR) is 52.8 cm³/mol. The summed E-state index contributed by atoms with van der Waals surface area (Å²) in [6.45, 7) is 3.01. The molecule has 0 aromatic heterocycles. The fraction of sp³-hybridized carbons (Fsp3) is 0.364. The molecule has 14 heavy (non-hydrogen) atoms. The summed E-state index contributed by atoms with van der Waals surface area (Å²) in [4.78, 5) is 10.8. The molecule has 0 bridgehead atoms. The van der Waals surface area contributed by atoms with E-state index in [2.05, 4.69) is 0 Å². The third-order valence-corrected chi connectivity index (χ3v) is 2.57. The van der Waals surface area contributed by atoms with E-state index >= 15 is 0 Å². The maximum atomic E-state index is 10.8. The molecular formula is C11H14O3. The highest BCUT2D eigenvalue weighted by Crippen LogP contribution is 2.28. The van der Waals surface area contributed by atoms with Gasteiger partial charge in [-0.05, 0) is 19.4 Å². The van der Waals surface area contributed by atoms with Gasteiger partial charge in [0.1, 0.15) is 0 Å². The number of hydrogen-bond acceptors (Lipinski definition) is 2. The van der Waals surface area contributed by atoms with Crippen molar-refractivity contribution < 1.29 is 15.0 Å². The fourth-order valence-electron chi connectivity index (χ4n) is 1.27. The van der Waals surface area contributed by atoms with Crippen molar-refractivity contribution in [3.8, 4) is 0 Å². The van der Waals surface area contributed by atoms with Gasteiger partial charge < -0.3 is 10.2 Å². The molecule has 3 nitrogen and oxygen atoms in total. The quantitative estimate of drug-likeness (QED) is 0.768. The molecule has 2 N–H and O–H groups in total. The lowest BCUT2D eigenvalue weighted by molar-refractivity contribution is -0.150. The van der Waals surface area contributed by atoms with Crippen molar-refractivity contribution in [3.05, 3.63) is 35.9 Å². The van der Waals surface area contributed by atoms with Crippen molar-refractivity contribution >= 4 is 5.97 Å². The Balaban J connectivity index is 3.02. The van der Waals surface area contributed by atoms with E-state index in [4.69, 9.17) is 5.11 Å². The molecule has 0 fully saturated rings. The number of carbonyl (C=O) groups is 1. The third kappa shape index (κ3) is 1.93. The van der Waals surface area contributed by atoms with Crippen LogP contribution in [0.4, 0.5) is 0 Å². The minimum Gasteiger partial charge on any atom is -0.481 e. The monoisotopic (exact) mass is 194 g/mol. The first-order valence-electron chi connectivity index (χ1n) is 4.47. The highest BCUT2D eigenvalue weighted by Gasteiger charge is 2.35. The molecule has 1 aromatic rings. The van der Waals surface area contributed by atoms with Crippen LogP contribution in [-0.2, 0) is 10.4 Å². The summed E-state index contributed by atoms with van der Waals surface area (Å²) < 4.78 is 0. The molecule has 0 unspecified atom stereocenters. The first-order chi connectivity index (χ1) is 6.46. The van der Waals surface area contributed by atoms with Crippen LogP contribution in [0.5, 0.6) is 0 Å². The van der Waals surface area contributed by atoms with Crippen molar-refractivity contribution in [1.82, 2.24) is 0 Å². The first-order valence-corrected chi connectivity index (χ1v) is 4.47. The van der Waals surface area contributed by atoms with Crippen LogP contribution in [0.25, 0.3) is 0 Å². The molecule has 0 saturated carbocycles. The van der Waals surface area contributed by atoms with Crippen LogP contribution in [0.3, 0.4) is 0 Å². The van der Waals surface area contributed by atoms with E-state index in [1.54, 1.807) is 24.3 Å². The summed E-state index contributed by atoms with van der Waals surface area (Å²) in [5, 5.41) is 18.9. The zero-order valence-electron chi connectivity index (χ0n) is 8.27. The van der Waals surface area contributed by atoms with E-state index < -0.39 is 17.5 Å². The van der Waals surface area contributed by atoms with Gasteiger partial charge >= 0.3 is 5.97 Å². The van der Waals surface area contributed by atoms with Gasteiger partial charge in [0.05, 0.1) is 11.5 Å². The topological polar surface area (TPSA) is 57.5 Å². The molecule has 0 aliphatic heterocycles. The summed E-state index contributed by atoms with van der Waals surface area (Å²) in [5.74, 6) is -1.83.